The first-order valence-electron chi connectivity index (χ1n) is 7.50. The fraction of sp³-hybridized carbons (Fsp3) is 0.562. The number of aromatic nitrogens is 1. The maximum atomic E-state index is 6.25. The van der Waals surface area contributed by atoms with E-state index in [0.717, 1.165) is 33.1 Å². The normalized spacial score (nSPS) is 23.1. The van der Waals surface area contributed by atoms with Gasteiger partial charge < -0.3 is 10.5 Å². The monoisotopic (exact) mass is 290 g/mol. The van der Waals surface area contributed by atoms with E-state index < -0.39 is 0 Å². The number of rotatable bonds is 3. The van der Waals surface area contributed by atoms with Crippen LogP contribution in [0.1, 0.15) is 44.0 Å². The minimum absolute atomic E-state index is 0.313. The predicted octanol–water partition coefficient (Wildman–Crippen LogP) is 4.53. The van der Waals surface area contributed by atoms with Crippen molar-refractivity contribution >= 4 is 27.2 Å². The lowest BCUT2D eigenvalue weighted by molar-refractivity contribution is 0.0912. The third kappa shape index (κ3) is 2.62. The van der Waals surface area contributed by atoms with Gasteiger partial charge in [0.15, 0.2) is 0 Å². The van der Waals surface area contributed by atoms with Crippen LogP contribution in [0.2, 0.25) is 0 Å². The average molecular weight is 290 g/mol. The molecule has 20 heavy (non-hydrogen) atoms. The molecule has 1 fully saturated rings. The van der Waals surface area contributed by atoms with Gasteiger partial charge in [-0.2, -0.15) is 0 Å². The Morgan fingerprint density at radius 3 is 2.95 bits per heavy atom. The van der Waals surface area contributed by atoms with Gasteiger partial charge in [0.25, 0.3) is 0 Å². The highest BCUT2D eigenvalue weighted by molar-refractivity contribution is 7.18. The van der Waals surface area contributed by atoms with Gasteiger partial charge in [-0.25, -0.2) is 4.98 Å². The summed E-state index contributed by atoms with van der Waals surface area (Å²) in [4.78, 5) is 4.53. The van der Waals surface area contributed by atoms with E-state index in [1.807, 2.05) is 19.1 Å². The van der Waals surface area contributed by atoms with E-state index in [2.05, 4.69) is 11.9 Å². The molecule has 3 rings (SSSR count). The summed E-state index contributed by atoms with van der Waals surface area (Å²) < 4.78 is 7.39. The fourth-order valence-corrected chi connectivity index (χ4v) is 4.00. The molecule has 0 radical (unpaired) electrons. The van der Waals surface area contributed by atoms with E-state index in [1.54, 1.807) is 11.3 Å². The summed E-state index contributed by atoms with van der Waals surface area (Å²) in [6.07, 6.45) is 6.51. The minimum Gasteiger partial charge on any atom is -0.488 e. The highest BCUT2D eigenvalue weighted by atomic mass is 32.1. The summed E-state index contributed by atoms with van der Waals surface area (Å²) >= 11 is 1.68. The summed E-state index contributed by atoms with van der Waals surface area (Å²) in [6, 6.07) is 4.01. The molecule has 1 heterocycles. The van der Waals surface area contributed by atoms with Gasteiger partial charge in [0, 0.05) is 6.07 Å². The number of aryl methyl sites for hydroxylation is 1. The molecule has 0 bridgehead atoms. The lowest BCUT2D eigenvalue weighted by Crippen LogP contribution is -2.30. The molecule has 4 heteroatoms. The van der Waals surface area contributed by atoms with Crippen LogP contribution in [0.3, 0.4) is 0 Å². The summed E-state index contributed by atoms with van der Waals surface area (Å²) in [7, 11) is 0. The van der Waals surface area contributed by atoms with Crippen LogP contribution in [-0.4, -0.2) is 11.1 Å². The molecule has 2 atom stereocenters. The van der Waals surface area contributed by atoms with Crippen LogP contribution in [0.25, 0.3) is 10.2 Å². The summed E-state index contributed by atoms with van der Waals surface area (Å²) in [5.74, 6) is 1.48. The SMILES string of the molecule is CCC1CCCCC1Oc1cc2nc(C)sc2cc1N. The number of ether oxygens (including phenoxy) is 1. The molecule has 108 valence electrons. The maximum absolute atomic E-state index is 6.25. The van der Waals surface area contributed by atoms with Crippen molar-refractivity contribution < 1.29 is 4.74 Å². The molecule has 0 amide bonds. The predicted molar refractivity (Wildman–Crippen MR) is 85.4 cm³/mol. The number of fused-ring (bicyclic) bond motifs is 1. The van der Waals surface area contributed by atoms with Crippen molar-refractivity contribution in [3.05, 3.63) is 17.1 Å². The molecule has 1 aromatic carbocycles. The standard InChI is InChI=1S/C16H22N2OS/c1-3-11-6-4-5-7-14(11)19-15-9-13-16(8-12(15)17)20-10(2)18-13/h8-9,11,14H,3-7,17H2,1-2H3. The minimum atomic E-state index is 0.313. The van der Waals surface area contributed by atoms with Crippen molar-refractivity contribution in [2.75, 3.05) is 5.73 Å². The molecule has 1 saturated carbocycles. The molecule has 2 unspecified atom stereocenters. The lowest BCUT2D eigenvalue weighted by atomic mass is 9.85. The Hall–Kier alpha value is -1.29. The average Bonchev–Trinajstić information content (AvgIpc) is 2.79. The highest BCUT2D eigenvalue weighted by Crippen LogP contribution is 2.35. The third-order valence-corrected chi connectivity index (χ3v) is 5.20. The zero-order chi connectivity index (χ0) is 14.1. The molecular weight excluding hydrogens is 268 g/mol. The molecule has 1 aromatic heterocycles. The zero-order valence-electron chi connectivity index (χ0n) is 12.2. The first-order valence-corrected chi connectivity index (χ1v) is 8.32. The summed E-state index contributed by atoms with van der Waals surface area (Å²) in [6.45, 7) is 4.28. The van der Waals surface area contributed by atoms with Gasteiger partial charge in [0.1, 0.15) is 11.9 Å². The highest BCUT2D eigenvalue weighted by Gasteiger charge is 2.26. The van der Waals surface area contributed by atoms with Crippen molar-refractivity contribution in [3.8, 4) is 5.75 Å². The van der Waals surface area contributed by atoms with Crippen molar-refractivity contribution in [2.45, 2.75) is 52.1 Å². The van der Waals surface area contributed by atoms with Gasteiger partial charge in [0.2, 0.25) is 0 Å². The second-order valence-electron chi connectivity index (χ2n) is 5.70. The Kier molecular flexibility index (Phi) is 3.83. The van der Waals surface area contributed by atoms with Crippen LogP contribution in [-0.2, 0) is 0 Å². The molecule has 0 spiro atoms. The Bertz CT molecular complexity index is 608. The molecular formula is C16H22N2OS. The Labute approximate surface area is 124 Å². The van der Waals surface area contributed by atoms with Crippen molar-refractivity contribution in [3.63, 3.8) is 0 Å². The molecule has 2 N–H and O–H groups in total. The molecule has 3 nitrogen and oxygen atoms in total. The summed E-state index contributed by atoms with van der Waals surface area (Å²) in [5, 5.41) is 1.07. The van der Waals surface area contributed by atoms with Gasteiger partial charge in [-0.3, -0.25) is 0 Å². The van der Waals surface area contributed by atoms with Gasteiger partial charge in [-0.1, -0.05) is 13.3 Å². The quantitative estimate of drug-likeness (QED) is 0.845. The number of benzene rings is 1. The molecule has 2 aromatic rings. The third-order valence-electron chi connectivity index (χ3n) is 4.27. The largest absolute Gasteiger partial charge is 0.488 e. The smallest absolute Gasteiger partial charge is 0.144 e. The van der Waals surface area contributed by atoms with Crippen molar-refractivity contribution in [1.82, 2.24) is 4.98 Å². The second kappa shape index (κ2) is 5.60. The van der Waals surface area contributed by atoms with Gasteiger partial charge in [-0.15, -0.1) is 11.3 Å². The van der Waals surface area contributed by atoms with Crippen LogP contribution >= 0.6 is 11.3 Å². The number of hydrogen-bond donors (Lipinski definition) is 1. The van der Waals surface area contributed by atoms with E-state index in [0.29, 0.717) is 12.0 Å². The number of nitrogens with two attached hydrogens (primary N) is 1. The number of thiazole rings is 1. The van der Waals surface area contributed by atoms with E-state index in [4.69, 9.17) is 10.5 Å². The van der Waals surface area contributed by atoms with Crippen LogP contribution in [0, 0.1) is 12.8 Å². The Balaban J connectivity index is 1.87. The first kappa shape index (κ1) is 13.7. The maximum Gasteiger partial charge on any atom is 0.144 e. The van der Waals surface area contributed by atoms with Crippen LogP contribution < -0.4 is 10.5 Å². The molecule has 0 aliphatic heterocycles. The second-order valence-corrected chi connectivity index (χ2v) is 6.93. The van der Waals surface area contributed by atoms with Crippen molar-refractivity contribution in [2.24, 2.45) is 5.92 Å². The van der Waals surface area contributed by atoms with E-state index >= 15 is 0 Å². The number of nitrogens with zero attached hydrogens (tertiary/aromatic N) is 1. The number of anilines is 1. The van der Waals surface area contributed by atoms with Gasteiger partial charge >= 0.3 is 0 Å². The Morgan fingerprint density at radius 2 is 2.15 bits per heavy atom. The number of nitrogen functional groups attached to an aromatic ring is 1. The lowest BCUT2D eigenvalue weighted by Gasteiger charge is -2.31. The summed E-state index contributed by atoms with van der Waals surface area (Å²) in [5.41, 5.74) is 7.89. The van der Waals surface area contributed by atoms with Crippen LogP contribution in [0.4, 0.5) is 5.69 Å². The molecule has 1 aliphatic carbocycles. The first-order chi connectivity index (χ1) is 9.67. The van der Waals surface area contributed by atoms with Crippen LogP contribution in [0.5, 0.6) is 5.75 Å². The zero-order valence-corrected chi connectivity index (χ0v) is 13.0. The van der Waals surface area contributed by atoms with E-state index in [9.17, 15) is 0 Å². The van der Waals surface area contributed by atoms with Crippen LogP contribution in [0.15, 0.2) is 12.1 Å². The van der Waals surface area contributed by atoms with Gasteiger partial charge in [0.05, 0.1) is 20.9 Å². The van der Waals surface area contributed by atoms with E-state index in [1.165, 1.54) is 25.7 Å². The molecule has 0 saturated heterocycles. The van der Waals surface area contributed by atoms with Crippen molar-refractivity contribution in [1.29, 1.82) is 0 Å². The molecule has 1 aliphatic rings. The Morgan fingerprint density at radius 1 is 1.35 bits per heavy atom. The van der Waals surface area contributed by atoms with E-state index in [-0.39, 0.29) is 0 Å². The number of hydrogen-bond acceptors (Lipinski definition) is 4. The van der Waals surface area contributed by atoms with Gasteiger partial charge in [-0.05, 0) is 44.6 Å². The topological polar surface area (TPSA) is 48.1 Å². The fourth-order valence-electron chi connectivity index (χ4n) is 3.15.